The van der Waals surface area contributed by atoms with Crippen molar-refractivity contribution < 1.29 is 33.0 Å². The molecule has 3 amide bonds. The minimum absolute atomic E-state index is 0.268. The molecule has 3 aromatic rings. The molecule has 0 saturated heterocycles. The van der Waals surface area contributed by atoms with Crippen molar-refractivity contribution in [1.82, 2.24) is 5.32 Å². The molecule has 0 fully saturated rings. The number of carbonyl (C=O) groups excluding carboxylic acids is 3. The zero-order valence-corrected chi connectivity index (χ0v) is 17.3. The lowest BCUT2D eigenvalue weighted by Gasteiger charge is -2.19. The summed E-state index contributed by atoms with van der Waals surface area (Å²) in [5.41, 5.74) is 1.18. The lowest BCUT2D eigenvalue weighted by molar-refractivity contribution is -0.121. The second-order valence-electron chi connectivity index (χ2n) is 7.01. The monoisotopic (exact) mass is 450 g/mol. The number of amides is 3. The number of hydrogen-bond acceptors (Lipinski definition) is 6. The molecule has 0 spiro atoms. The summed E-state index contributed by atoms with van der Waals surface area (Å²) in [4.78, 5) is 36.5. The maximum Gasteiger partial charge on any atom is 0.325 e. The molecule has 1 aliphatic rings. The van der Waals surface area contributed by atoms with Crippen molar-refractivity contribution >= 4 is 23.4 Å². The normalized spacial score (nSPS) is 11.9. The van der Waals surface area contributed by atoms with Gasteiger partial charge in [0.25, 0.3) is 5.91 Å². The number of ketones is 1. The Morgan fingerprint density at radius 3 is 2.18 bits per heavy atom. The predicted molar refractivity (Wildman–Crippen MR) is 116 cm³/mol. The highest BCUT2D eigenvalue weighted by Gasteiger charge is 2.14. The van der Waals surface area contributed by atoms with Gasteiger partial charge >= 0.3 is 6.03 Å². The van der Waals surface area contributed by atoms with E-state index < -0.39 is 24.4 Å². The fraction of sp³-hybridized carbons (Fsp3) is 0.125. The van der Waals surface area contributed by atoms with Crippen LogP contribution in [0.4, 0.5) is 14.9 Å². The highest BCUT2D eigenvalue weighted by Crippen LogP contribution is 2.32. The van der Waals surface area contributed by atoms with E-state index in [0.717, 1.165) is 0 Å². The number of anilines is 1. The van der Waals surface area contributed by atoms with Crippen molar-refractivity contribution in [2.45, 2.75) is 0 Å². The fourth-order valence-corrected chi connectivity index (χ4v) is 3.07. The Morgan fingerprint density at radius 2 is 1.48 bits per heavy atom. The van der Waals surface area contributed by atoms with Gasteiger partial charge in [-0.25, -0.2) is 9.18 Å². The topological polar surface area (TPSA) is 103 Å². The van der Waals surface area contributed by atoms with E-state index in [1.807, 2.05) is 0 Å². The molecule has 33 heavy (non-hydrogen) atoms. The van der Waals surface area contributed by atoms with Crippen molar-refractivity contribution in [3.8, 4) is 17.2 Å². The van der Waals surface area contributed by atoms with Crippen LogP contribution in [-0.4, -0.2) is 37.5 Å². The molecule has 1 heterocycles. The van der Waals surface area contributed by atoms with Crippen molar-refractivity contribution in [2.24, 2.45) is 0 Å². The average Bonchev–Trinajstić information content (AvgIpc) is 2.83. The van der Waals surface area contributed by atoms with Crippen LogP contribution in [0.1, 0.15) is 15.9 Å². The van der Waals surface area contributed by atoms with Crippen LogP contribution < -0.4 is 24.8 Å². The first-order valence-corrected chi connectivity index (χ1v) is 10.0. The van der Waals surface area contributed by atoms with Gasteiger partial charge in [-0.15, -0.1) is 0 Å². The highest BCUT2D eigenvalue weighted by molar-refractivity contribution is 6.09. The average molecular weight is 450 g/mol. The molecule has 3 aromatic carbocycles. The maximum absolute atomic E-state index is 13.0. The summed E-state index contributed by atoms with van der Waals surface area (Å²) in [5.74, 6) is 0.0883. The smallest absolute Gasteiger partial charge is 0.325 e. The van der Waals surface area contributed by atoms with E-state index >= 15 is 0 Å². The van der Waals surface area contributed by atoms with E-state index in [-0.39, 0.29) is 5.78 Å². The first-order valence-electron chi connectivity index (χ1n) is 10.0. The molecule has 0 atom stereocenters. The van der Waals surface area contributed by atoms with Crippen molar-refractivity contribution in [1.29, 1.82) is 0 Å². The fourth-order valence-electron chi connectivity index (χ4n) is 3.07. The number of halogens is 1. The first-order chi connectivity index (χ1) is 16.0. The molecule has 168 valence electrons. The number of benzene rings is 3. The number of carbonyl (C=O) groups is 3. The molecule has 1 aliphatic heterocycles. The predicted octanol–water partition coefficient (Wildman–Crippen LogP) is 3.56. The summed E-state index contributed by atoms with van der Waals surface area (Å²) < 4.78 is 29.2. The third kappa shape index (κ3) is 5.65. The number of rotatable bonds is 6. The Labute approximate surface area is 188 Å². The van der Waals surface area contributed by atoms with Gasteiger partial charge in [-0.05, 0) is 60.7 Å². The van der Waals surface area contributed by atoms with E-state index in [1.165, 1.54) is 48.5 Å². The van der Waals surface area contributed by atoms with Gasteiger partial charge in [-0.3, -0.25) is 14.9 Å². The van der Waals surface area contributed by atoms with Crippen LogP contribution >= 0.6 is 0 Å². The Hall–Kier alpha value is -4.40. The number of fused-ring (bicyclic) bond motifs is 1. The van der Waals surface area contributed by atoms with Crippen LogP contribution in [0.2, 0.25) is 0 Å². The number of urea groups is 1. The van der Waals surface area contributed by atoms with Gasteiger partial charge in [0.05, 0.1) is 0 Å². The summed E-state index contributed by atoms with van der Waals surface area (Å²) in [6.07, 6.45) is 0. The molecular formula is C24H19FN2O6. The molecule has 0 bridgehead atoms. The largest absolute Gasteiger partial charge is 0.486 e. The molecule has 2 N–H and O–H groups in total. The van der Waals surface area contributed by atoms with Gasteiger partial charge in [0, 0.05) is 22.9 Å². The Balaban J connectivity index is 1.26. The molecule has 0 aromatic heterocycles. The lowest BCUT2D eigenvalue weighted by Crippen LogP contribution is -2.37. The Kier molecular flexibility index (Phi) is 6.49. The number of imide groups is 1. The van der Waals surface area contributed by atoms with Crippen LogP contribution in [0.25, 0.3) is 0 Å². The van der Waals surface area contributed by atoms with Crippen LogP contribution in [-0.2, 0) is 4.79 Å². The first kappa shape index (κ1) is 21.8. The second-order valence-corrected chi connectivity index (χ2v) is 7.01. The van der Waals surface area contributed by atoms with Crippen molar-refractivity contribution in [3.63, 3.8) is 0 Å². The van der Waals surface area contributed by atoms with Crippen molar-refractivity contribution in [2.75, 3.05) is 25.1 Å². The molecule has 4 rings (SSSR count). The minimum Gasteiger partial charge on any atom is -0.486 e. The zero-order valence-electron chi connectivity index (χ0n) is 17.3. The summed E-state index contributed by atoms with van der Waals surface area (Å²) in [6, 6.07) is 15.5. The summed E-state index contributed by atoms with van der Waals surface area (Å²) in [6.45, 7) is 0.474. The van der Waals surface area contributed by atoms with E-state index in [4.69, 9.17) is 14.2 Å². The van der Waals surface area contributed by atoms with E-state index in [2.05, 4.69) is 10.6 Å². The van der Waals surface area contributed by atoms with Gasteiger partial charge in [0.1, 0.15) is 24.8 Å². The van der Waals surface area contributed by atoms with Crippen LogP contribution in [0, 0.1) is 5.82 Å². The number of ether oxygens (including phenoxy) is 3. The molecule has 0 radical (unpaired) electrons. The van der Waals surface area contributed by atoms with Crippen LogP contribution in [0.3, 0.4) is 0 Å². The maximum atomic E-state index is 13.0. The Bertz CT molecular complexity index is 1180. The minimum atomic E-state index is -0.722. The van der Waals surface area contributed by atoms with Gasteiger partial charge in [-0.2, -0.15) is 0 Å². The van der Waals surface area contributed by atoms with Crippen LogP contribution in [0.5, 0.6) is 17.2 Å². The second kappa shape index (κ2) is 9.82. The van der Waals surface area contributed by atoms with Crippen LogP contribution in [0.15, 0.2) is 66.7 Å². The molecule has 0 unspecified atom stereocenters. The third-order valence-corrected chi connectivity index (χ3v) is 4.65. The molecule has 0 saturated carbocycles. The molecule has 8 nitrogen and oxygen atoms in total. The molecule has 0 aliphatic carbocycles. The number of hydrogen-bond donors (Lipinski definition) is 2. The zero-order chi connectivity index (χ0) is 23.2. The summed E-state index contributed by atoms with van der Waals surface area (Å²) >= 11 is 0. The third-order valence-electron chi connectivity index (χ3n) is 4.65. The highest BCUT2D eigenvalue weighted by atomic mass is 19.1. The number of nitrogens with one attached hydrogen (secondary N) is 2. The standard InChI is InChI=1S/C24H19FN2O6/c25-17-5-1-15(2-6-17)23(29)16-3-8-19(9-4-16)33-14-22(28)27-24(30)26-18-7-10-20-21(13-18)32-12-11-31-20/h1-10,13H,11-12,14H2,(H2,26,27,28,30). The lowest BCUT2D eigenvalue weighted by atomic mass is 10.0. The molecule has 9 heteroatoms. The summed E-state index contributed by atoms with van der Waals surface area (Å²) in [7, 11) is 0. The van der Waals surface area contributed by atoms with E-state index in [9.17, 15) is 18.8 Å². The molecular weight excluding hydrogens is 431 g/mol. The quantitative estimate of drug-likeness (QED) is 0.557. The van der Waals surface area contributed by atoms with E-state index in [1.54, 1.807) is 18.2 Å². The summed E-state index contributed by atoms with van der Waals surface area (Å²) in [5, 5.41) is 4.70. The van der Waals surface area contributed by atoms with Gasteiger partial charge in [-0.1, -0.05) is 0 Å². The van der Waals surface area contributed by atoms with E-state index in [0.29, 0.717) is 47.3 Å². The van der Waals surface area contributed by atoms with Gasteiger partial charge < -0.3 is 19.5 Å². The van der Waals surface area contributed by atoms with Gasteiger partial charge in [0.15, 0.2) is 23.9 Å². The van der Waals surface area contributed by atoms with Gasteiger partial charge in [0.2, 0.25) is 0 Å². The Morgan fingerprint density at radius 1 is 0.848 bits per heavy atom. The van der Waals surface area contributed by atoms with Crippen molar-refractivity contribution in [3.05, 3.63) is 83.7 Å². The SMILES string of the molecule is O=C(COc1ccc(C(=O)c2ccc(F)cc2)cc1)NC(=O)Nc1ccc2c(c1)OCCO2.